The van der Waals surface area contributed by atoms with Crippen molar-refractivity contribution in [2.75, 3.05) is 33.4 Å². The third kappa shape index (κ3) is 5.84. The minimum absolute atomic E-state index is 0.338. The molecule has 0 saturated carbocycles. The Hall–Kier alpha value is -1.52. The van der Waals surface area contributed by atoms with Crippen molar-refractivity contribution in [1.29, 1.82) is 0 Å². The lowest BCUT2D eigenvalue weighted by atomic mass is 10.2. The highest BCUT2D eigenvalue weighted by Gasteiger charge is 2.21. The summed E-state index contributed by atoms with van der Waals surface area (Å²) in [6.07, 6.45) is 6.92. The van der Waals surface area contributed by atoms with Gasteiger partial charge in [-0.25, -0.2) is 0 Å². The minimum Gasteiger partial charge on any atom is -0.493 e. The van der Waals surface area contributed by atoms with E-state index in [2.05, 4.69) is 24.8 Å². The van der Waals surface area contributed by atoms with Gasteiger partial charge in [0.15, 0.2) is 11.5 Å². The quantitative estimate of drug-likeness (QED) is 0.673. The van der Waals surface area contributed by atoms with E-state index in [1.807, 2.05) is 31.2 Å². The summed E-state index contributed by atoms with van der Waals surface area (Å²) in [6.45, 7) is 10.2. The second-order valence-electron chi connectivity index (χ2n) is 6.48. The van der Waals surface area contributed by atoms with Crippen molar-refractivity contribution in [2.24, 2.45) is 0 Å². The summed E-state index contributed by atoms with van der Waals surface area (Å²) in [5.41, 5.74) is 1.12. The van der Waals surface area contributed by atoms with Crippen molar-refractivity contribution in [2.45, 2.75) is 45.8 Å². The van der Waals surface area contributed by atoms with Gasteiger partial charge in [0, 0.05) is 13.1 Å². The number of hydrogen-bond acceptors (Lipinski definition) is 4. The van der Waals surface area contributed by atoms with Crippen LogP contribution in [0.25, 0.3) is 6.08 Å². The number of morpholine rings is 1. The normalized spacial score (nSPS) is 22.0. The Kier molecular flexibility index (Phi) is 7.60. The predicted octanol–water partition coefficient (Wildman–Crippen LogP) is 4.00. The van der Waals surface area contributed by atoms with Crippen LogP contribution in [-0.2, 0) is 4.74 Å². The van der Waals surface area contributed by atoms with Crippen molar-refractivity contribution in [3.05, 3.63) is 29.8 Å². The van der Waals surface area contributed by atoms with Gasteiger partial charge in [0.25, 0.3) is 0 Å². The topological polar surface area (TPSA) is 30.9 Å². The number of rotatable bonds is 8. The van der Waals surface area contributed by atoms with Crippen LogP contribution >= 0.6 is 0 Å². The SMILES string of the molecule is C/C=C/c1ccc(OCCCCN2C[C@@H](C)O[C@@H](C)C2)c(OC)c1. The van der Waals surface area contributed by atoms with E-state index in [0.29, 0.717) is 12.2 Å². The Bertz CT molecular complexity index is 520. The standard InChI is InChI=1S/C20H31NO3/c1-5-8-18-9-10-19(20(13-18)22-4)23-12-7-6-11-21-14-16(2)24-17(3)15-21/h5,8-10,13,16-17H,6-7,11-12,14-15H2,1-4H3/b8-5+/t16-,17+. The van der Waals surface area contributed by atoms with E-state index < -0.39 is 0 Å². The van der Waals surface area contributed by atoms with E-state index in [1.165, 1.54) is 0 Å². The van der Waals surface area contributed by atoms with Crippen molar-refractivity contribution < 1.29 is 14.2 Å². The number of nitrogens with zero attached hydrogens (tertiary/aromatic N) is 1. The molecule has 0 aromatic heterocycles. The van der Waals surface area contributed by atoms with Gasteiger partial charge < -0.3 is 14.2 Å². The summed E-state index contributed by atoms with van der Waals surface area (Å²) in [5.74, 6) is 1.61. The van der Waals surface area contributed by atoms with Gasteiger partial charge in [0.05, 0.1) is 25.9 Å². The smallest absolute Gasteiger partial charge is 0.161 e. The molecule has 0 N–H and O–H groups in total. The molecule has 0 bridgehead atoms. The Morgan fingerprint density at radius 2 is 1.92 bits per heavy atom. The second kappa shape index (κ2) is 9.70. The van der Waals surface area contributed by atoms with E-state index in [4.69, 9.17) is 14.2 Å². The largest absolute Gasteiger partial charge is 0.493 e. The maximum atomic E-state index is 5.90. The third-order valence-corrected chi connectivity index (χ3v) is 4.17. The number of unbranched alkanes of at least 4 members (excludes halogenated alkanes) is 1. The van der Waals surface area contributed by atoms with Gasteiger partial charge in [0.2, 0.25) is 0 Å². The first-order valence-electron chi connectivity index (χ1n) is 8.93. The highest BCUT2D eigenvalue weighted by molar-refractivity contribution is 5.55. The molecule has 2 atom stereocenters. The highest BCUT2D eigenvalue weighted by Crippen LogP contribution is 2.28. The van der Waals surface area contributed by atoms with Crippen LogP contribution in [0.2, 0.25) is 0 Å². The third-order valence-electron chi connectivity index (χ3n) is 4.17. The molecule has 1 aliphatic rings. The summed E-state index contributed by atoms with van der Waals surface area (Å²) in [7, 11) is 1.68. The number of ether oxygens (including phenoxy) is 3. The molecule has 1 saturated heterocycles. The summed E-state index contributed by atoms with van der Waals surface area (Å²) in [5, 5.41) is 0. The maximum Gasteiger partial charge on any atom is 0.161 e. The molecule has 1 fully saturated rings. The lowest BCUT2D eigenvalue weighted by molar-refractivity contribution is -0.0682. The Morgan fingerprint density at radius 1 is 1.17 bits per heavy atom. The molecule has 1 aliphatic heterocycles. The molecule has 0 spiro atoms. The molecule has 0 radical (unpaired) electrons. The molecule has 134 valence electrons. The predicted molar refractivity (Wildman–Crippen MR) is 98.9 cm³/mol. The van der Waals surface area contributed by atoms with Gasteiger partial charge in [0.1, 0.15) is 0 Å². The summed E-state index contributed by atoms with van der Waals surface area (Å²) < 4.78 is 17.1. The number of methoxy groups -OCH3 is 1. The first-order valence-corrected chi connectivity index (χ1v) is 8.93. The molecule has 1 aromatic carbocycles. The first kappa shape index (κ1) is 18.8. The van der Waals surface area contributed by atoms with E-state index in [1.54, 1.807) is 7.11 Å². The lowest BCUT2D eigenvalue weighted by Gasteiger charge is -2.35. The van der Waals surface area contributed by atoms with Gasteiger partial charge in [-0.15, -0.1) is 0 Å². The Morgan fingerprint density at radius 3 is 2.58 bits per heavy atom. The van der Waals surface area contributed by atoms with Crippen molar-refractivity contribution >= 4 is 6.08 Å². The van der Waals surface area contributed by atoms with E-state index in [-0.39, 0.29) is 0 Å². The fourth-order valence-corrected chi connectivity index (χ4v) is 3.19. The molecule has 1 heterocycles. The molecule has 4 nitrogen and oxygen atoms in total. The Balaban J connectivity index is 1.72. The van der Waals surface area contributed by atoms with Gasteiger partial charge in [-0.1, -0.05) is 18.2 Å². The lowest BCUT2D eigenvalue weighted by Crippen LogP contribution is -2.45. The van der Waals surface area contributed by atoms with Crippen LogP contribution in [0.5, 0.6) is 11.5 Å². The second-order valence-corrected chi connectivity index (χ2v) is 6.48. The molecule has 0 unspecified atom stereocenters. The fourth-order valence-electron chi connectivity index (χ4n) is 3.19. The van der Waals surface area contributed by atoms with Crippen LogP contribution in [0.15, 0.2) is 24.3 Å². The molecule has 4 heteroatoms. The van der Waals surface area contributed by atoms with Gasteiger partial charge in [-0.3, -0.25) is 4.90 Å². The summed E-state index contributed by atoms with van der Waals surface area (Å²) in [4.78, 5) is 2.49. The fraction of sp³-hybridized carbons (Fsp3) is 0.600. The van der Waals surface area contributed by atoms with Crippen LogP contribution < -0.4 is 9.47 Å². The van der Waals surface area contributed by atoms with Crippen LogP contribution in [-0.4, -0.2) is 50.5 Å². The number of allylic oxidation sites excluding steroid dienone is 1. The van der Waals surface area contributed by atoms with E-state index in [0.717, 1.165) is 56.1 Å². The zero-order valence-corrected chi connectivity index (χ0v) is 15.5. The number of benzene rings is 1. The number of hydrogen-bond donors (Lipinski definition) is 0. The maximum absolute atomic E-state index is 5.90. The zero-order chi connectivity index (χ0) is 17.4. The van der Waals surface area contributed by atoms with E-state index in [9.17, 15) is 0 Å². The first-order chi connectivity index (χ1) is 11.6. The monoisotopic (exact) mass is 333 g/mol. The van der Waals surface area contributed by atoms with Crippen molar-refractivity contribution in [3.63, 3.8) is 0 Å². The molecular formula is C20H31NO3. The molecular weight excluding hydrogens is 302 g/mol. The molecule has 1 aromatic rings. The van der Waals surface area contributed by atoms with Crippen LogP contribution in [0.1, 0.15) is 39.2 Å². The van der Waals surface area contributed by atoms with Gasteiger partial charge in [-0.05, 0) is 57.9 Å². The Labute approximate surface area is 146 Å². The average Bonchev–Trinajstić information content (AvgIpc) is 2.55. The summed E-state index contributed by atoms with van der Waals surface area (Å²) >= 11 is 0. The van der Waals surface area contributed by atoms with Crippen molar-refractivity contribution in [1.82, 2.24) is 4.90 Å². The molecule has 0 aliphatic carbocycles. The minimum atomic E-state index is 0.338. The molecule has 24 heavy (non-hydrogen) atoms. The summed E-state index contributed by atoms with van der Waals surface area (Å²) in [6, 6.07) is 6.04. The molecule has 2 rings (SSSR count). The molecule has 0 amide bonds. The zero-order valence-electron chi connectivity index (χ0n) is 15.5. The van der Waals surface area contributed by atoms with Gasteiger partial charge >= 0.3 is 0 Å². The van der Waals surface area contributed by atoms with Crippen LogP contribution in [0.4, 0.5) is 0 Å². The highest BCUT2D eigenvalue weighted by atomic mass is 16.5. The van der Waals surface area contributed by atoms with Gasteiger partial charge in [-0.2, -0.15) is 0 Å². The average molecular weight is 333 g/mol. The van der Waals surface area contributed by atoms with Crippen LogP contribution in [0, 0.1) is 0 Å². The van der Waals surface area contributed by atoms with E-state index >= 15 is 0 Å². The van der Waals surface area contributed by atoms with Crippen molar-refractivity contribution in [3.8, 4) is 11.5 Å². The van der Waals surface area contributed by atoms with Crippen LogP contribution in [0.3, 0.4) is 0 Å².